The zero-order chi connectivity index (χ0) is 19.1. The first-order valence-electron chi connectivity index (χ1n) is 9.00. The van der Waals surface area contributed by atoms with Gasteiger partial charge in [0, 0.05) is 29.7 Å². The number of rotatable bonds is 2. The number of carbonyl (C=O) groups excluding carboxylic acids is 1. The number of benzene rings is 3. The van der Waals surface area contributed by atoms with Gasteiger partial charge in [0.25, 0.3) is 5.91 Å². The predicted molar refractivity (Wildman–Crippen MR) is 118 cm³/mol. The molecular weight excluding hydrogens is 366 g/mol. The van der Waals surface area contributed by atoms with Crippen LogP contribution in [0.4, 0.5) is 5.69 Å². The molecule has 4 aromatic rings. The average molecular weight is 383 g/mol. The van der Waals surface area contributed by atoms with E-state index in [0.717, 1.165) is 27.5 Å². The molecule has 3 aromatic carbocycles. The summed E-state index contributed by atoms with van der Waals surface area (Å²) < 4.78 is 2.07. The number of thioether (sulfide) groups is 1. The minimum absolute atomic E-state index is 0.113. The van der Waals surface area contributed by atoms with Crippen LogP contribution in [0.15, 0.2) is 82.8 Å². The number of aryl methyl sites for hydroxylation is 1. The number of aliphatic imine (C=N–C) groups is 1. The first-order chi connectivity index (χ1) is 13.7. The Labute approximate surface area is 166 Å². The summed E-state index contributed by atoms with van der Waals surface area (Å²) in [5, 5.41) is 6.91. The Morgan fingerprint density at radius 3 is 2.68 bits per heavy atom. The van der Waals surface area contributed by atoms with Crippen LogP contribution in [0.1, 0.15) is 5.56 Å². The summed E-state index contributed by atoms with van der Waals surface area (Å²) >= 11 is 1.37. The van der Waals surface area contributed by atoms with Gasteiger partial charge in [-0.3, -0.25) is 4.79 Å². The third-order valence-electron chi connectivity index (χ3n) is 4.83. The first kappa shape index (κ1) is 16.8. The van der Waals surface area contributed by atoms with Crippen molar-refractivity contribution in [2.24, 2.45) is 12.0 Å². The molecular formula is C23H17N3OS. The fraction of sp³-hybridized carbons (Fsp3) is 0.0435. The molecule has 1 aliphatic rings. The summed E-state index contributed by atoms with van der Waals surface area (Å²) in [4.78, 5) is 17.7. The average Bonchev–Trinajstić information content (AvgIpc) is 3.21. The van der Waals surface area contributed by atoms with Crippen molar-refractivity contribution in [3.63, 3.8) is 0 Å². The van der Waals surface area contributed by atoms with E-state index in [2.05, 4.69) is 39.1 Å². The highest BCUT2D eigenvalue weighted by Crippen LogP contribution is 2.31. The Morgan fingerprint density at radius 2 is 1.79 bits per heavy atom. The molecule has 5 heteroatoms. The minimum atomic E-state index is -0.113. The lowest BCUT2D eigenvalue weighted by Crippen LogP contribution is -2.19. The molecule has 28 heavy (non-hydrogen) atoms. The maximum absolute atomic E-state index is 12.4. The van der Waals surface area contributed by atoms with E-state index < -0.39 is 0 Å². The molecule has 0 saturated carbocycles. The molecule has 0 atom stereocenters. The van der Waals surface area contributed by atoms with E-state index in [1.54, 1.807) is 0 Å². The Hall–Kier alpha value is -3.31. The molecule has 136 valence electrons. The number of nitrogens with zero attached hydrogens (tertiary/aromatic N) is 2. The Morgan fingerprint density at radius 1 is 1.00 bits per heavy atom. The van der Waals surface area contributed by atoms with Crippen molar-refractivity contribution in [3.05, 3.63) is 83.4 Å². The molecule has 1 fully saturated rings. The molecule has 1 N–H and O–H groups in total. The number of carbonyl (C=O) groups is 1. The number of hydrogen-bond acceptors (Lipinski definition) is 3. The van der Waals surface area contributed by atoms with Gasteiger partial charge in [-0.25, -0.2) is 4.99 Å². The van der Waals surface area contributed by atoms with E-state index in [1.807, 2.05) is 61.8 Å². The SMILES string of the molecule is Cn1cc(/C=C2/SC(=Nc3ccc4ccccc4c3)NC2=O)c2ccccc21. The maximum Gasteiger partial charge on any atom is 0.264 e. The topological polar surface area (TPSA) is 46.4 Å². The lowest BCUT2D eigenvalue weighted by atomic mass is 10.1. The van der Waals surface area contributed by atoms with Crippen LogP contribution < -0.4 is 5.32 Å². The number of nitrogens with one attached hydrogen (secondary N) is 1. The first-order valence-corrected chi connectivity index (χ1v) is 9.81. The smallest absolute Gasteiger partial charge is 0.264 e. The van der Waals surface area contributed by atoms with Crippen molar-refractivity contribution in [1.82, 2.24) is 9.88 Å². The Bertz CT molecular complexity index is 1300. The van der Waals surface area contributed by atoms with Crippen LogP contribution in [0.25, 0.3) is 27.8 Å². The van der Waals surface area contributed by atoms with Gasteiger partial charge in [0.1, 0.15) is 0 Å². The zero-order valence-corrected chi connectivity index (χ0v) is 16.0. The van der Waals surface area contributed by atoms with E-state index in [4.69, 9.17) is 0 Å². The molecule has 1 aromatic heterocycles. The third kappa shape index (κ3) is 3.00. The highest BCUT2D eigenvalue weighted by atomic mass is 32.2. The van der Waals surface area contributed by atoms with Crippen molar-refractivity contribution in [2.45, 2.75) is 0 Å². The quantitative estimate of drug-likeness (QED) is 0.482. The van der Waals surface area contributed by atoms with E-state index in [0.29, 0.717) is 10.1 Å². The number of amidine groups is 1. The summed E-state index contributed by atoms with van der Waals surface area (Å²) in [6.45, 7) is 0. The van der Waals surface area contributed by atoms with Crippen LogP contribution >= 0.6 is 11.8 Å². The van der Waals surface area contributed by atoms with Gasteiger partial charge in [0.15, 0.2) is 5.17 Å². The Kier molecular flexibility index (Phi) is 4.02. The molecule has 0 spiro atoms. The molecule has 1 amide bonds. The molecule has 4 nitrogen and oxygen atoms in total. The molecule has 5 rings (SSSR count). The van der Waals surface area contributed by atoms with Gasteiger partial charge in [-0.05, 0) is 46.8 Å². The molecule has 0 unspecified atom stereocenters. The van der Waals surface area contributed by atoms with Crippen LogP contribution in [0.2, 0.25) is 0 Å². The second-order valence-electron chi connectivity index (χ2n) is 6.73. The minimum Gasteiger partial charge on any atom is -0.350 e. The summed E-state index contributed by atoms with van der Waals surface area (Å²) in [7, 11) is 2.01. The highest BCUT2D eigenvalue weighted by molar-refractivity contribution is 8.18. The maximum atomic E-state index is 12.4. The summed E-state index contributed by atoms with van der Waals surface area (Å²) in [5.41, 5.74) is 3.00. The zero-order valence-electron chi connectivity index (χ0n) is 15.2. The number of fused-ring (bicyclic) bond motifs is 2. The van der Waals surface area contributed by atoms with E-state index in [9.17, 15) is 4.79 Å². The Balaban J connectivity index is 1.47. The van der Waals surface area contributed by atoms with Gasteiger partial charge in [0.2, 0.25) is 0 Å². The highest BCUT2D eigenvalue weighted by Gasteiger charge is 2.24. The second-order valence-corrected chi connectivity index (χ2v) is 7.76. The summed E-state index contributed by atoms with van der Waals surface area (Å²) in [6.07, 6.45) is 3.98. The van der Waals surface area contributed by atoms with Crippen LogP contribution in [0.3, 0.4) is 0 Å². The normalized spacial score (nSPS) is 17.1. The van der Waals surface area contributed by atoms with Crippen LogP contribution in [-0.2, 0) is 11.8 Å². The standard InChI is InChI=1S/C23H17N3OS/c1-26-14-17(19-8-4-5-9-20(19)26)13-21-22(27)25-23(28-21)24-18-11-10-15-6-2-3-7-16(15)12-18/h2-14H,1H3,(H,24,25,27)/b21-13+. The van der Waals surface area contributed by atoms with Crippen LogP contribution in [0.5, 0.6) is 0 Å². The molecule has 1 aliphatic heterocycles. The summed E-state index contributed by atoms with van der Waals surface area (Å²) in [5.74, 6) is -0.113. The van der Waals surface area contributed by atoms with Gasteiger partial charge in [-0.2, -0.15) is 0 Å². The van der Waals surface area contributed by atoms with Gasteiger partial charge >= 0.3 is 0 Å². The molecule has 0 radical (unpaired) electrons. The largest absolute Gasteiger partial charge is 0.350 e. The number of hydrogen-bond donors (Lipinski definition) is 1. The molecule has 2 heterocycles. The van der Waals surface area contributed by atoms with Crippen molar-refractivity contribution < 1.29 is 4.79 Å². The van der Waals surface area contributed by atoms with Gasteiger partial charge in [-0.15, -0.1) is 0 Å². The van der Waals surface area contributed by atoms with Crippen molar-refractivity contribution in [3.8, 4) is 0 Å². The van der Waals surface area contributed by atoms with Crippen molar-refractivity contribution in [1.29, 1.82) is 0 Å². The molecule has 0 aliphatic carbocycles. The lowest BCUT2D eigenvalue weighted by Gasteiger charge is -2.00. The van der Waals surface area contributed by atoms with Gasteiger partial charge < -0.3 is 9.88 Å². The van der Waals surface area contributed by atoms with E-state index >= 15 is 0 Å². The molecule has 1 saturated heterocycles. The number of para-hydroxylation sites is 1. The van der Waals surface area contributed by atoms with Gasteiger partial charge in [-0.1, -0.05) is 48.5 Å². The second kappa shape index (κ2) is 6.69. The lowest BCUT2D eigenvalue weighted by molar-refractivity contribution is -0.115. The van der Waals surface area contributed by atoms with Crippen molar-refractivity contribution >= 4 is 56.3 Å². The van der Waals surface area contributed by atoms with E-state index in [1.165, 1.54) is 17.1 Å². The van der Waals surface area contributed by atoms with Crippen molar-refractivity contribution in [2.75, 3.05) is 0 Å². The van der Waals surface area contributed by atoms with Crippen LogP contribution in [-0.4, -0.2) is 15.6 Å². The molecule has 0 bridgehead atoms. The predicted octanol–water partition coefficient (Wildman–Crippen LogP) is 5.22. The fourth-order valence-corrected chi connectivity index (χ4v) is 4.31. The number of aromatic nitrogens is 1. The van der Waals surface area contributed by atoms with Gasteiger partial charge in [0.05, 0.1) is 10.6 Å². The number of amides is 1. The van der Waals surface area contributed by atoms with Crippen LogP contribution in [0, 0.1) is 0 Å². The monoisotopic (exact) mass is 383 g/mol. The third-order valence-corrected chi connectivity index (χ3v) is 5.74. The van der Waals surface area contributed by atoms with E-state index in [-0.39, 0.29) is 5.91 Å². The fourth-order valence-electron chi connectivity index (χ4n) is 3.47. The summed E-state index contributed by atoms with van der Waals surface area (Å²) in [6, 6.07) is 22.4.